The Bertz CT molecular complexity index is 1190. The molecule has 0 bridgehead atoms. The molecule has 2 unspecified atom stereocenters. The Morgan fingerprint density at radius 1 is 1.32 bits per heavy atom. The van der Waals surface area contributed by atoms with Gasteiger partial charge in [-0.2, -0.15) is 5.26 Å². The van der Waals surface area contributed by atoms with Gasteiger partial charge in [0.1, 0.15) is 11.9 Å². The maximum Gasteiger partial charge on any atom is 0.225 e. The number of benzene rings is 1. The van der Waals surface area contributed by atoms with E-state index in [1.807, 2.05) is 55.3 Å². The van der Waals surface area contributed by atoms with Crippen LogP contribution in [0.5, 0.6) is 0 Å². The summed E-state index contributed by atoms with van der Waals surface area (Å²) in [6.45, 7) is 6.81. The molecule has 1 aliphatic heterocycles. The third-order valence-electron chi connectivity index (χ3n) is 7.24. The zero-order valence-corrected chi connectivity index (χ0v) is 22.0. The van der Waals surface area contributed by atoms with Gasteiger partial charge in [-0.05, 0) is 43.4 Å². The van der Waals surface area contributed by atoms with Gasteiger partial charge in [0.25, 0.3) is 0 Å². The quantitative estimate of drug-likeness (QED) is 0.492. The molecule has 8 heteroatoms. The standard InChI is InChI=1S/C29H36N6O2/c1-20-19-34(12-13-35(20)26(36)11-14-37-3)29-25(16-31)21(2)27(28(33-29)23-9-10-23)24(15-30)18-32-17-22-7-5-4-6-8-22/h4-8,15,18,20,23-24,30H,9-14,17,19H2,1-3H3. The average Bonchev–Trinajstić information content (AvgIpc) is 3.76. The lowest BCUT2D eigenvalue weighted by Gasteiger charge is -2.41. The lowest BCUT2D eigenvalue weighted by molar-refractivity contribution is -0.134. The highest BCUT2D eigenvalue weighted by atomic mass is 16.5. The number of piperazine rings is 1. The van der Waals surface area contributed by atoms with E-state index in [4.69, 9.17) is 15.1 Å². The number of nitriles is 1. The molecule has 2 aliphatic rings. The number of pyridine rings is 1. The van der Waals surface area contributed by atoms with E-state index in [1.165, 1.54) is 6.21 Å². The van der Waals surface area contributed by atoms with Crippen LogP contribution in [0.2, 0.25) is 0 Å². The number of rotatable bonds is 10. The summed E-state index contributed by atoms with van der Waals surface area (Å²) < 4.78 is 5.07. The molecule has 2 aromatic rings. The van der Waals surface area contributed by atoms with Gasteiger partial charge in [0, 0.05) is 51.1 Å². The highest BCUT2D eigenvalue weighted by molar-refractivity contribution is 5.90. The number of nitrogens with one attached hydrogen (secondary N) is 1. The molecular weight excluding hydrogens is 464 g/mol. The van der Waals surface area contributed by atoms with Gasteiger partial charge < -0.3 is 19.9 Å². The lowest BCUT2D eigenvalue weighted by atomic mass is 9.90. The van der Waals surface area contributed by atoms with Crippen molar-refractivity contribution in [1.29, 1.82) is 10.7 Å². The van der Waals surface area contributed by atoms with E-state index in [0.29, 0.717) is 56.5 Å². The Morgan fingerprint density at radius 2 is 2.08 bits per heavy atom. The third kappa shape index (κ3) is 6.05. The van der Waals surface area contributed by atoms with Crippen molar-refractivity contribution in [3.8, 4) is 6.07 Å². The Hall–Kier alpha value is -3.57. The molecule has 37 heavy (non-hydrogen) atoms. The van der Waals surface area contributed by atoms with E-state index in [9.17, 15) is 10.1 Å². The number of carbonyl (C=O) groups is 1. The van der Waals surface area contributed by atoms with Crippen LogP contribution in [0.15, 0.2) is 35.3 Å². The van der Waals surface area contributed by atoms with E-state index in [0.717, 1.165) is 35.2 Å². The highest BCUT2D eigenvalue weighted by Gasteiger charge is 2.35. The molecule has 1 aromatic carbocycles. The largest absolute Gasteiger partial charge is 0.384 e. The minimum atomic E-state index is -0.331. The second-order valence-electron chi connectivity index (χ2n) is 9.91. The molecule has 0 spiro atoms. The fraction of sp³-hybridized carbons (Fsp3) is 0.483. The fourth-order valence-electron chi connectivity index (χ4n) is 5.09. The second-order valence-corrected chi connectivity index (χ2v) is 9.91. The summed E-state index contributed by atoms with van der Waals surface area (Å²) in [5.74, 6) is 0.810. The van der Waals surface area contributed by atoms with Crippen molar-refractivity contribution < 1.29 is 9.53 Å². The van der Waals surface area contributed by atoms with Crippen LogP contribution in [0.1, 0.15) is 66.0 Å². The molecule has 1 saturated carbocycles. The number of methoxy groups -OCH3 is 1. The molecule has 1 aliphatic carbocycles. The number of aliphatic imine (C=N–C) groups is 1. The van der Waals surface area contributed by atoms with E-state index in [1.54, 1.807) is 7.11 Å². The molecule has 1 aromatic heterocycles. The maximum atomic E-state index is 12.6. The minimum Gasteiger partial charge on any atom is -0.384 e. The Kier molecular flexibility index (Phi) is 8.67. The van der Waals surface area contributed by atoms with Gasteiger partial charge in [-0.25, -0.2) is 4.98 Å². The van der Waals surface area contributed by atoms with Crippen molar-refractivity contribution in [2.24, 2.45) is 4.99 Å². The number of anilines is 1. The molecule has 1 N–H and O–H groups in total. The van der Waals surface area contributed by atoms with Gasteiger partial charge in [-0.15, -0.1) is 0 Å². The number of aromatic nitrogens is 1. The van der Waals surface area contributed by atoms with Crippen molar-refractivity contribution in [2.45, 2.75) is 57.5 Å². The van der Waals surface area contributed by atoms with E-state index in [-0.39, 0.29) is 17.9 Å². The molecule has 4 rings (SSSR count). The van der Waals surface area contributed by atoms with Crippen LogP contribution in [0.3, 0.4) is 0 Å². The van der Waals surface area contributed by atoms with Gasteiger partial charge >= 0.3 is 0 Å². The fourth-order valence-corrected chi connectivity index (χ4v) is 5.09. The number of amides is 1. The van der Waals surface area contributed by atoms with Crippen LogP contribution in [0.25, 0.3) is 0 Å². The summed E-state index contributed by atoms with van der Waals surface area (Å²) >= 11 is 0. The first-order valence-corrected chi connectivity index (χ1v) is 13.0. The van der Waals surface area contributed by atoms with Gasteiger partial charge in [0.15, 0.2) is 0 Å². The Morgan fingerprint density at radius 3 is 2.70 bits per heavy atom. The predicted octanol–water partition coefficient (Wildman–Crippen LogP) is 4.22. The molecule has 2 fully saturated rings. The summed E-state index contributed by atoms with van der Waals surface area (Å²) in [4.78, 5) is 26.4. The zero-order valence-electron chi connectivity index (χ0n) is 22.0. The average molecular weight is 501 g/mol. The first-order valence-electron chi connectivity index (χ1n) is 13.0. The van der Waals surface area contributed by atoms with Gasteiger partial charge in [0.05, 0.1) is 36.7 Å². The van der Waals surface area contributed by atoms with Crippen LogP contribution in [0.4, 0.5) is 5.82 Å². The molecule has 194 valence electrons. The van der Waals surface area contributed by atoms with Crippen molar-refractivity contribution in [2.75, 3.05) is 38.3 Å². The first-order chi connectivity index (χ1) is 18.0. The first kappa shape index (κ1) is 26.5. The van der Waals surface area contributed by atoms with Crippen molar-refractivity contribution in [3.63, 3.8) is 0 Å². The van der Waals surface area contributed by atoms with Crippen LogP contribution < -0.4 is 4.90 Å². The van der Waals surface area contributed by atoms with Gasteiger partial charge in [-0.1, -0.05) is 30.3 Å². The molecule has 2 heterocycles. The lowest BCUT2D eigenvalue weighted by Crippen LogP contribution is -2.54. The summed E-state index contributed by atoms with van der Waals surface area (Å²) in [7, 11) is 1.60. The maximum absolute atomic E-state index is 12.6. The second kappa shape index (κ2) is 12.1. The molecule has 2 atom stereocenters. The summed E-state index contributed by atoms with van der Waals surface area (Å²) in [5, 5.41) is 18.4. The van der Waals surface area contributed by atoms with Crippen LogP contribution in [-0.2, 0) is 16.1 Å². The normalized spacial score (nSPS) is 18.6. The molecule has 0 radical (unpaired) electrons. The number of hydrogen-bond acceptors (Lipinski definition) is 7. The summed E-state index contributed by atoms with van der Waals surface area (Å²) in [6, 6.07) is 12.5. The van der Waals surface area contributed by atoms with Crippen molar-refractivity contribution >= 4 is 24.2 Å². The summed E-state index contributed by atoms with van der Waals surface area (Å²) in [6.07, 6.45) is 5.73. The number of hydrogen-bond donors (Lipinski definition) is 1. The Labute approximate surface area is 219 Å². The van der Waals surface area contributed by atoms with E-state index < -0.39 is 0 Å². The zero-order chi connectivity index (χ0) is 26.4. The predicted molar refractivity (Wildman–Crippen MR) is 146 cm³/mol. The van der Waals surface area contributed by atoms with Crippen LogP contribution >= 0.6 is 0 Å². The van der Waals surface area contributed by atoms with Gasteiger partial charge in [-0.3, -0.25) is 9.79 Å². The number of carbonyl (C=O) groups excluding carboxylic acids is 1. The van der Waals surface area contributed by atoms with Crippen molar-refractivity contribution in [1.82, 2.24) is 9.88 Å². The Balaban J connectivity index is 1.61. The van der Waals surface area contributed by atoms with Gasteiger partial charge in [0.2, 0.25) is 5.91 Å². The molecular formula is C29H36N6O2. The monoisotopic (exact) mass is 500 g/mol. The van der Waals surface area contributed by atoms with Crippen LogP contribution in [0, 0.1) is 23.7 Å². The topological polar surface area (TPSA) is 106 Å². The van der Waals surface area contributed by atoms with E-state index in [2.05, 4.69) is 16.0 Å². The number of nitrogens with zero attached hydrogens (tertiary/aromatic N) is 5. The van der Waals surface area contributed by atoms with Crippen LogP contribution in [-0.4, -0.2) is 67.6 Å². The van der Waals surface area contributed by atoms with E-state index >= 15 is 0 Å². The number of ether oxygens (including phenoxy) is 1. The minimum absolute atomic E-state index is 0.00949. The van der Waals surface area contributed by atoms with Crippen molar-refractivity contribution in [3.05, 3.63) is 58.3 Å². The molecule has 1 saturated heterocycles. The SMILES string of the molecule is COCCC(=O)N1CCN(c2nc(C3CC3)c(C(C=N)C=NCc3ccccc3)c(C)c2C#N)CC1C. The smallest absolute Gasteiger partial charge is 0.225 e. The third-order valence-corrected chi connectivity index (χ3v) is 7.24. The molecule has 1 amide bonds. The molecule has 8 nitrogen and oxygen atoms in total. The summed E-state index contributed by atoms with van der Waals surface area (Å²) in [5.41, 5.74) is 4.46. The highest BCUT2D eigenvalue weighted by Crippen LogP contribution is 2.45.